The Morgan fingerprint density at radius 2 is 2.03 bits per heavy atom. The minimum Gasteiger partial charge on any atom is -0.504 e. The molecule has 2 aliphatic rings. The summed E-state index contributed by atoms with van der Waals surface area (Å²) in [5.74, 6) is 2.03. The summed E-state index contributed by atoms with van der Waals surface area (Å²) in [6.07, 6.45) is 15.6. The van der Waals surface area contributed by atoms with Crippen LogP contribution in [0.1, 0.15) is 71.3 Å². The van der Waals surface area contributed by atoms with Crippen LogP contribution in [-0.4, -0.2) is 51.2 Å². The van der Waals surface area contributed by atoms with E-state index in [1.807, 2.05) is 18.3 Å². The number of phenolic OH excluding ortho intramolecular Hbond substituents is 1. The van der Waals surface area contributed by atoms with Crippen LogP contribution in [0.15, 0.2) is 47.1 Å². The molecule has 35 heavy (non-hydrogen) atoms. The van der Waals surface area contributed by atoms with Crippen molar-refractivity contribution < 1.29 is 24.8 Å². The predicted molar refractivity (Wildman–Crippen MR) is 140 cm³/mol. The molecule has 1 aromatic rings. The number of hydrogen-bond donors (Lipinski definition) is 3. The number of rotatable bonds is 15. The minimum atomic E-state index is -0.709. The van der Waals surface area contributed by atoms with Gasteiger partial charge >= 0.3 is 0 Å². The first-order valence-electron chi connectivity index (χ1n) is 13.0. The van der Waals surface area contributed by atoms with Crippen LogP contribution in [0, 0.1) is 17.9 Å². The summed E-state index contributed by atoms with van der Waals surface area (Å²) in [5, 5.41) is 29.5. The molecule has 0 bridgehead atoms. The Bertz CT molecular complexity index is 878. The van der Waals surface area contributed by atoms with Gasteiger partial charge in [0.25, 0.3) is 0 Å². The quantitative estimate of drug-likeness (QED) is 0.242. The highest BCUT2D eigenvalue weighted by Crippen LogP contribution is 2.31. The van der Waals surface area contributed by atoms with Crippen molar-refractivity contribution in [2.24, 2.45) is 10.9 Å². The SMILES string of the molecule is CCCCC1C=C[C-](CCc2ccc(O)c(OCCC3=C[C+]([C@H](C)CC[C@H](O)[C@H](C)O)C=N3)c2)[OH+]1. The summed E-state index contributed by atoms with van der Waals surface area (Å²) in [5.41, 5.74) is 2.06. The second-order valence-corrected chi connectivity index (χ2v) is 9.77. The molecule has 0 aliphatic carbocycles. The fourth-order valence-corrected chi connectivity index (χ4v) is 4.27. The third-order valence-corrected chi connectivity index (χ3v) is 6.74. The predicted octanol–water partition coefficient (Wildman–Crippen LogP) is 4.98. The Morgan fingerprint density at radius 3 is 2.80 bits per heavy atom. The lowest BCUT2D eigenvalue weighted by Crippen LogP contribution is -2.23. The van der Waals surface area contributed by atoms with Crippen LogP contribution in [-0.2, 0) is 6.42 Å². The van der Waals surface area contributed by atoms with E-state index < -0.39 is 12.2 Å². The van der Waals surface area contributed by atoms with Crippen molar-refractivity contribution in [3.05, 3.63) is 59.7 Å². The maximum atomic E-state index is 10.2. The Hall–Kier alpha value is -2.41. The van der Waals surface area contributed by atoms with E-state index in [0.717, 1.165) is 49.0 Å². The van der Waals surface area contributed by atoms with Crippen molar-refractivity contribution in [3.8, 4) is 11.5 Å². The summed E-state index contributed by atoms with van der Waals surface area (Å²) in [6, 6.07) is 5.56. The summed E-state index contributed by atoms with van der Waals surface area (Å²) in [7, 11) is 0. The van der Waals surface area contributed by atoms with Crippen LogP contribution in [0.3, 0.4) is 0 Å². The summed E-state index contributed by atoms with van der Waals surface area (Å²) >= 11 is 0. The van der Waals surface area contributed by atoms with Crippen molar-refractivity contribution in [1.29, 1.82) is 0 Å². The fraction of sp³-hybridized carbons (Fsp3) is 0.552. The van der Waals surface area contributed by atoms with E-state index in [9.17, 15) is 15.3 Å². The van der Waals surface area contributed by atoms with E-state index >= 15 is 0 Å². The third kappa shape index (κ3) is 8.64. The normalized spacial score (nSPS) is 19.8. The van der Waals surface area contributed by atoms with Gasteiger partial charge in [0.1, 0.15) is 30.9 Å². The maximum Gasteiger partial charge on any atom is 0.178 e. The molecule has 4 N–H and O–H groups in total. The topological polar surface area (TPSA) is 95.1 Å². The molecule has 4 atom stereocenters. The van der Waals surface area contributed by atoms with Gasteiger partial charge in [0, 0.05) is 12.3 Å². The van der Waals surface area contributed by atoms with Gasteiger partial charge in [-0.2, -0.15) is 0 Å². The number of aliphatic imine (C=N–C) groups is 1. The van der Waals surface area contributed by atoms with Crippen molar-refractivity contribution >= 4 is 6.21 Å². The highest BCUT2D eigenvalue weighted by atomic mass is 16.5. The van der Waals surface area contributed by atoms with Gasteiger partial charge < -0.3 is 24.8 Å². The molecule has 0 amide bonds. The monoisotopic (exact) mass is 484 g/mol. The lowest BCUT2D eigenvalue weighted by atomic mass is 9.89. The molecule has 0 fully saturated rings. The molecular weight excluding hydrogens is 442 g/mol. The van der Waals surface area contributed by atoms with E-state index in [4.69, 9.17) is 9.47 Å². The molecule has 1 unspecified atom stereocenters. The van der Waals surface area contributed by atoms with Crippen LogP contribution in [0.4, 0.5) is 0 Å². The molecule has 0 saturated heterocycles. The van der Waals surface area contributed by atoms with Crippen LogP contribution < -0.4 is 4.74 Å². The van der Waals surface area contributed by atoms with Crippen molar-refractivity contribution in [1.82, 2.24) is 0 Å². The Kier molecular flexibility index (Phi) is 10.6. The number of ether oxygens (including phenoxy) is 2. The lowest BCUT2D eigenvalue weighted by Gasteiger charge is -2.17. The first-order valence-corrected chi connectivity index (χ1v) is 13.0. The number of aliphatic hydroxyl groups is 4. The molecule has 0 saturated carbocycles. The highest BCUT2D eigenvalue weighted by molar-refractivity contribution is 5.82. The minimum absolute atomic E-state index is 0.146. The molecule has 0 aromatic heterocycles. The third-order valence-electron chi connectivity index (χ3n) is 6.74. The van der Waals surface area contributed by atoms with Gasteiger partial charge in [-0.25, -0.2) is 0 Å². The Morgan fingerprint density at radius 1 is 1.20 bits per heavy atom. The molecule has 1 aromatic carbocycles. The number of phenols is 1. The van der Waals surface area contributed by atoms with Crippen LogP contribution in [0.25, 0.3) is 0 Å². The second-order valence-electron chi connectivity index (χ2n) is 9.77. The summed E-state index contributed by atoms with van der Waals surface area (Å²) < 4.78 is 10.7. The zero-order valence-corrected chi connectivity index (χ0v) is 21.4. The molecule has 6 nitrogen and oxygen atoms in total. The van der Waals surface area contributed by atoms with E-state index in [0.29, 0.717) is 31.3 Å². The van der Waals surface area contributed by atoms with E-state index in [2.05, 4.69) is 37.1 Å². The van der Waals surface area contributed by atoms with Crippen LogP contribution in [0.2, 0.25) is 0 Å². The number of allylic oxidation sites excluding steroid dienone is 1. The zero-order chi connectivity index (χ0) is 25.2. The van der Waals surface area contributed by atoms with Crippen LogP contribution in [0.5, 0.6) is 11.5 Å². The number of benzene rings is 1. The Balaban J connectivity index is 1.41. The first-order chi connectivity index (χ1) is 16.9. The number of aliphatic hydroxyl groups excluding tert-OH is 2. The van der Waals surface area contributed by atoms with E-state index in [-0.39, 0.29) is 11.7 Å². The fourth-order valence-electron chi connectivity index (χ4n) is 4.27. The van der Waals surface area contributed by atoms with Gasteiger partial charge in [0.15, 0.2) is 17.2 Å². The number of hydrogen-bond acceptors (Lipinski definition) is 5. The van der Waals surface area contributed by atoms with Crippen molar-refractivity contribution in [2.75, 3.05) is 6.61 Å². The van der Waals surface area contributed by atoms with Gasteiger partial charge in [0.05, 0.1) is 24.7 Å². The smallest absolute Gasteiger partial charge is 0.178 e. The summed E-state index contributed by atoms with van der Waals surface area (Å²) in [4.78, 5) is 4.49. The van der Waals surface area contributed by atoms with E-state index in [1.54, 1.807) is 13.0 Å². The number of aryl methyl sites for hydroxylation is 1. The van der Waals surface area contributed by atoms with Gasteiger partial charge in [-0.1, -0.05) is 19.4 Å². The molecule has 3 rings (SSSR count). The van der Waals surface area contributed by atoms with Crippen molar-refractivity contribution in [2.45, 2.75) is 90.4 Å². The molecule has 192 valence electrons. The summed E-state index contributed by atoms with van der Waals surface area (Å²) in [6.45, 7) is 6.35. The molecule has 0 spiro atoms. The highest BCUT2D eigenvalue weighted by Gasteiger charge is 2.28. The lowest BCUT2D eigenvalue weighted by molar-refractivity contribution is -0.0480. The zero-order valence-electron chi connectivity index (χ0n) is 21.4. The number of nitrogens with zero attached hydrogens (tertiary/aromatic N) is 1. The van der Waals surface area contributed by atoms with Gasteiger partial charge in [-0.3, -0.25) is 0 Å². The number of aromatic hydroxyl groups is 1. The molecule has 2 heterocycles. The number of unbranched alkanes of at least 4 members (excludes halogenated alkanes) is 1. The maximum absolute atomic E-state index is 10.2. The van der Waals surface area contributed by atoms with Gasteiger partial charge in [0.2, 0.25) is 0 Å². The van der Waals surface area contributed by atoms with Crippen molar-refractivity contribution in [3.63, 3.8) is 0 Å². The molecule has 6 heteroatoms. The van der Waals surface area contributed by atoms with Gasteiger partial charge in [-0.15, -0.1) is 17.1 Å². The average Bonchev–Trinajstić information content (AvgIpc) is 3.51. The molecular formula is C29H42NO5+. The van der Waals surface area contributed by atoms with Crippen LogP contribution >= 0.6 is 0 Å². The average molecular weight is 485 g/mol. The Labute approximate surface area is 210 Å². The largest absolute Gasteiger partial charge is 0.504 e. The molecule has 0 radical (unpaired) electrons. The molecule has 2 aliphatic heterocycles. The second kappa shape index (κ2) is 13.6. The van der Waals surface area contributed by atoms with E-state index in [1.165, 1.54) is 12.8 Å². The standard InChI is InChI=1S/C29H41NO5/c1-4-5-6-25-11-12-26(35-25)10-8-22-9-14-28(33)29(17-22)34-16-15-24-18-23(19-30-24)20(2)7-13-27(32)21(3)31/h9,11-12,14,17-21,25,27,31-32,35H,4-8,10,13,15-16H2,1-3H3/p+1/t20-,21+,25?,27+/m1/s1. The first kappa shape index (κ1) is 27.2. The van der Waals surface area contributed by atoms with Gasteiger partial charge in [-0.05, 0) is 63.6 Å².